The van der Waals surface area contributed by atoms with Gasteiger partial charge in [0, 0.05) is 6.54 Å². The summed E-state index contributed by atoms with van der Waals surface area (Å²) in [5.74, 6) is -0.0728. The zero-order valence-electron chi connectivity index (χ0n) is 15.0. The van der Waals surface area contributed by atoms with Crippen LogP contribution in [-0.2, 0) is 11.3 Å². The minimum atomic E-state index is -0.448. The van der Waals surface area contributed by atoms with Gasteiger partial charge in [0.05, 0.1) is 33.4 Å². The third-order valence-electron chi connectivity index (χ3n) is 4.14. The van der Waals surface area contributed by atoms with Crippen molar-refractivity contribution >= 4 is 51.7 Å². The molecule has 146 valence electrons. The Hall–Kier alpha value is -2.61. The number of nitrogens with one attached hydrogen (secondary N) is 2. The van der Waals surface area contributed by atoms with Gasteiger partial charge in [-0.2, -0.15) is 0 Å². The number of amides is 2. The predicted octanol–water partition coefficient (Wildman–Crippen LogP) is 3.01. The summed E-state index contributed by atoms with van der Waals surface area (Å²) in [6.45, 7) is 1.88. The molecule has 9 heteroatoms. The Morgan fingerprint density at radius 3 is 2.50 bits per heavy atom. The molecular formula is C19H18Cl2N4O3. The number of halogens is 2. The van der Waals surface area contributed by atoms with Gasteiger partial charge in [0.1, 0.15) is 17.9 Å². The molecule has 3 N–H and O–H groups in total. The number of imidazole rings is 1. The minimum absolute atomic E-state index is 0.0517. The number of hydrogen-bond acceptors (Lipinski definition) is 4. The van der Waals surface area contributed by atoms with Crippen molar-refractivity contribution in [1.82, 2.24) is 14.9 Å². The van der Waals surface area contributed by atoms with Gasteiger partial charge >= 0.3 is 0 Å². The van der Waals surface area contributed by atoms with E-state index in [2.05, 4.69) is 15.6 Å². The predicted molar refractivity (Wildman–Crippen MR) is 109 cm³/mol. The number of aryl methyl sites for hydroxylation is 1. The van der Waals surface area contributed by atoms with Gasteiger partial charge in [0.15, 0.2) is 0 Å². The summed E-state index contributed by atoms with van der Waals surface area (Å²) in [4.78, 5) is 29.2. The lowest BCUT2D eigenvalue weighted by molar-refractivity contribution is -0.121. The molecule has 0 atom stereocenters. The third-order valence-corrected chi connectivity index (χ3v) is 4.77. The van der Waals surface area contributed by atoms with Crippen LogP contribution in [0.4, 0.5) is 5.69 Å². The molecule has 0 aliphatic heterocycles. The van der Waals surface area contributed by atoms with Gasteiger partial charge in [-0.15, -0.1) is 0 Å². The van der Waals surface area contributed by atoms with Crippen LogP contribution in [0, 0.1) is 6.92 Å². The number of fused-ring (bicyclic) bond motifs is 1. The molecule has 0 aliphatic carbocycles. The van der Waals surface area contributed by atoms with Crippen LogP contribution in [0.1, 0.15) is 16.2 Å². The highest BCUT2D eigenvalue weighted by Crippen LogP contribution is 2.28. The Morgan fingerprint density at radius 1 is 1.14 bits per heavy atom. The quantitative estimate of drug-likeness (QED) is 0.570. The number of carbonyl (C=O) groups is 2. The number of aliphatic hydroxyl groups excluding tert-OH is 1. The second kappa shape index (κ2) is 8.60. The highest BCUT2D eigenvalue weighted by Gasteiger charge is 2.18. The van der Waals surface area contributed by atoms with Crippen LogP contribution in [-0.4, -0.2) is 39.6 Å². The van der Waals surface area contributed by atoms with Gasteiger partial charge in [-0.3, -0.25) is 9.59 Å². The summed E-state index contributed by atoms with van der Waals surface area (Å²) in [7, 11) is 0. The lowest BCUT2D eigenvalue weighted by Gasteiger charge is -2.10. The number of para-hydroxylation sites is 1. The molecule has 1 aromatic heterocycles. The van der Waals surface area contributed by atoms with Crippen molar-refractivity contribution in [3.63, 3.8) is 0 Å². The minimum Gasteiger partial charge on any atom is -0.395 e. The van der Waals surface area contributed by atoms with Crippen molar-refractivity contribution in [3.05, 3.63) is 57.8 Å². The van der Waals surface area contributed by atoms with E-state index < -0.39 is 5.91 Å². The van der Waals surface area contributed by atoms with E-state index in [4.69, 9.17) is 28.3 Å². The van der Waals surface area contributed by atoms with E-state index in [0.717, 1.165) is 0 Å². The number of hydrogen-bond donors (Lipinski definition) is 3. The number of carbonyl (C=O) groups excluding carboxylic acids is 2. The zero-order valence-corrected chi connectivity index (χ0v) is 16.5. The molecule has 7 nitrogen and oxygen atoms in total. The van der Waals surface area contributed by atoms with E-state index in [1.165, 1.54) is 0 Å². The standard InChI is InChI=1S/C19H18Cl2N4O3/c1-11-23-18-14(24-19(28)17-12(20)4-2-5-13(17)21)6-3-7-15(18)25(11)10-16(27)22-8-9-26/h2-7,26H,8-10H2,1H3,(H,22,27)(H,24,28). The first-order valence-electron chi connectivity index (χ1n) is 8.51. The van der Waals surface area contributed by atoms with E-state index in [0.29, 0.717) is 22.5 Å². The van der Waals surface area contributed by atoms with Crippen molar-refractivity contribution < 1.29 is 14.7 Å². The molecule has 0 bridgehead atoms. The van der Waals surface area contributed by atoms with Gasteiger partial charge in [-0.25, -0.2) is 4.98 Å². The van der Waals surface area contributed by atoms with Crippen molar-refractivity contribution in [2.24, 2.45) is 0 Å². The summed E-state index contributed by atoms with van der Waals surface area (Å²) >= 11 is 12.2. The first kappa shape index (κ1) is 20.1. The van der Waals surface area contributed by atoms with E-state index in [-0.39, 0.29) is 41.2 Å². The second-order valence-corrected chi connectivity index (χ2v) is 6.86. The summed E-state index contributed by atoms with van der Waals surface area (Å²) in [5.41, 5.74) is 1.91. The van der Waals surface area contributed by atoms with Crippen molar-refractivity contribution in [2.45, 2.75) is 13.5 Å². The summed E-state index contributed by atoms with van der Waals surface area (Å²) < 4.78 is 1.74. The Morgan fingerprint density at radius 2 is 1.82 bits per heavy atom. The molecule has 3 aromatic rings. The Balaban J connectivity index is 1.92. The van der Waals surface area contributed by atoms with Crippen LogP contribution < -0.4 is 10.6 Å². The largest absolute Gasteiger partial charge is 0.395 e. The molecule has 0 saturated heterocycles. The number of anilines is 1. The average molecular weight is 421 g/mol. The summed E-state index contributed by atoms with van der Waals surface area (Å²) in [5, 5.41) is 14.7. The van der Waals surface area contributed by atoms with Gasteiger partial charge in [-0.1, -0.05) is 35.3 Å². The number of benzene rings is 2. The molecule has 3 rings (SSSR count). The number of nitrogens with zero attached hydrogens (tertiary/aromatic N) is 2. The smallest absolute Gasteiger partial charge is 0.258 e. The monoisotopic (exact) mass is 420 g/mol. The molecule has 28 heavy (non-hydrogen) atoms. The van der Waals surface area contributed by atoms with E-state index >= 15 is 0 Å². The molecule has 0 unspecified atom stereocenters. The van der Waals surface area contributed by atoms with Crippen LogP contribution in [0.15, 0.2) is 36.4 Å². The van der Waals surface area contributed by atoms with Gasteiger partial charge < -0.3 is 20.3 Å². The van der Waals surface area contributed by atoms with Crippen LogP contribution in [0.25, 0.3) is 11.0 Å². The highest BCUT2D eigenvalue weighted by molar-refractivity contribution is 6.40. The highest BCUT2D eigenvalue weighted by atomic mass is 35.5. The van der Waals surface area contributed by atoms with Crippen molar-refractivity contribution in [2.75, 3.05) is 18.5 Å². The Bertz CT molecular complexity index is 1030. The van der Waals surface area contributed by atoms with Crippen molar-refractivity contribution in [3.8, 4) is 0 Å². The molecular weight excluding hydrogens is 403 g/mol. The molecule has 0 aliphatic rings. The normalized spacial score (nSPS) is 10.9. The van der Waals surface area contributed by atoms with Gasteiger partial charge in [-0.05, 0) is 31.2 Å². The lowest BCUT2D eigenvalue weighted by atomic mass is 10.2. The van der Waals surface area contributed by atoms with Crippen LogP contribution in [0.3, 0.4) is 0 Å². The molecule has 1 heterocycles. The van der Waals surface area contributed by atoms with E-state index in [9.17, 15) is 9.59 Å². The zero-order chi connectivity index (χ0) is 20.3. The number of aliphatic hydroxyl groups is 1. The third kappa shape index (κ3) is 4.11. The van der Waals surface area contributed by atoms with E-state index in [1.54, 1.807) is 41.8 Å². The Kier molecular flexibility index (Phi) is 6.18. The molecule has 0 spiro atoms. The first-order chi connectivity index (χ1) is 13.4. The second-order valence-electron chi connectivity index (χ2n) is 6.04. The van der Waals surface area contributed by atoms with Crippen LogP contribution in [0.5, 0.6) is 0 Å². The fraction of sp³-hybridized carbons (Fsp3) is 0.211. The molecule has 2 aromatic carbocycles. The summed E-state index contributed by atoms with van der Waals surface area (Å²) in [6.07, 6.45) is 0. The topological polar surface area (TPSA) is 96.2 Å². The maximum absolute atomic E-state index is 12.7. The maximum Gasteiger partial charge on any atom is 0.258 e. The average Bonchev–Trinajstić information content (AvgIpc) is 2.96. The first-order valence-corrected chi connectivity index (χ1v) is 9.26. The molecule has 0 fully saturated rings. The summed E-state index contributed by atoms with van der Waals surface area (Å²) in [6, 6.07) is 10.1. The number of rotatable bonds is 6. The van der Waals surface area contributed by atoms with Crippen LogP contribution >= 0.6 is 23.2 Å². The van der Waals surface area contributed by atoms with E-state index in [1.807, 2.05) is 6.07 Å². The SMILES string of the molecule is Cc1nc2c(NC(=O)c3c(Cl)cccc3Cl)cccc2n1CC(=O)NCCO. The lowest BCUT2D eigenvalue weighted by Crippen LogP contribution is -2.30. The Labute approximate surface area is 171 Å². The molecule has 2 amide bonds. The van der Waals surface area contributed by atoms with Crippen molar-refractivity contribution in [1.29, 1.82) is 0 Å². The maximum atomic E-state index is 12.7. The fourth-order valence-electron chi connectivity index (χ4n) is 2.86. The van der Waals surface area contributed by atoms with Gasteiger partial charge in [0.25, 0.3) is 5.91 Å². The van der Waals surface area contributed by atoms with Gasteiger partial charge in [0.2, 0.25) is 5.91 Å². The number of aromatic nitrogens is 2. The molecule has 0 saturated carbocycles. The molecule has 0 radical (unpaired) electrons. The fourth-order valence-corrected chi connectivity index (χ4v) is 3.43. The van der Waals surface area contributed by atoms with Crippen LogP contribution in [0.2, 0.25) is 10.0 Å².